The molecule has 0 amide bonds. The molecule has 63 heavy (non-hydrogen) atoms. The molecular formula is C57H112NO4S+. The Labute approximate surface area is 395 Å². The monoisotopic (exact) mass is 907 g/mol. The summed E-state index contributed by atoms with van der Waals surface area (Å²) in [4.78, 5) is 0. The lowest BCUT2D eigenvalue weighted by molar-refractivity contribution is -0.777. The molecule has 0 heterocycles. The van der Waals surface area contributed by atoms with Crippen molar-refractivity contribution in [3.05, 3.63) is 36.8 Å². The quantitative estimate of drug-likeness (QED) is 0.0362. The van der Waals surface area contributed by atoms with Gasteiger partial charge in [0.25, 0.3) is 10.1 Å². The highest BCUT2D eigenvalue weighted by Crippen LogP contribution is 2.21. The normalized spacial score (nSPS) is 13.2. The smallest absolute Gasteiger partial charge is 0.267 e. The fourth-order valence-electron chi connectivity index (χ4n) is 9.18. The summed E-state index contributed by atoms with van der Waals surface area (Å²) in [6.07, 6.45) is 71.6. The van der Waals surface area contributed by atoms with Crippen molar-refractivity contribution in [2.45, 2.75) is 316 Å². The van der Waals surface area contributed by atoms with Crippen LogP contribution in [0.3, 0.4) is 0 Å². The van der Waals surface area contributed by atoms with E-state index < -0.39 is 22.0 Å². The van der Waals surface area contributed by atoms with E-state index in [0.717, 1.165) is 38.5 Å². The van der Waals surface area contributed by atoms with Crippen molar-refractivity contribution in [1.82, 2.24) is 0 Å². The molecule has 0 spiro atoms. The molecule has 0 bridgehead atoms. The standard InChI is InChI=1S/C57H111NO4S/c1-4-7-10-13-16-19-22-25-28-31-34-37-40-43-46-49-52-58(55-57(59)56-63(60,61)62,53-50-47-44-41-38-35-32-29-26-23-20-17-14-11-8-5-2)54-51-48-45-42-39-36-33-30-27-24-21-18-15-12-9-6-3/h49-54,57,59H,4-48,55-56H2,1-3H3/p+1/b52-49+,53-50+,54-51+. The molecule has 0 saturated carbocycles. The second-order valence-electron chi connectivity index (χ2n) is 19.9. The molecule has 0 aliphatic rings. The van der Waals surface area contributed by atoms with Crippen LogP contribution in [-0.4, -0.2) is 41.0 Å². The average molecular weight is 908 g/mol. The van der Waals surface area contributed by atoms with E-state index in [-0.39, 0.29) is 11.0 Å². The van der Waals surface area contributed by atoms with E-state index >= 15 is 0 Å². The lowest BCUT2D eigenvalue weighted by Gasteiger charge is -2.29. The molecule has 0 aromatic carbocycles. The fraction of sp³-hybridized carbons (Fsp3) is 0.895. The van der Waals surface area contributed by atoms with Crippen molar-refractivity contribution < 1.29 is 22.6 Å². The molecular weight excluding hydrogens is 795 g/mol. The van der Waals surface area contributed by atoms with Gasteiger partial charge in [-0.3, -0.25) is 4.55 Å². The lowest BCUT2D eigenvalue weighted by Crippen LogP contribution is -2.41. The Balaban J connectivity index is 5.03. The van der Waals surface area contributed by atoms with Gasteiger partial charge in [-0.2, -0.15) is 8.42 Å². The van der Waals surface area contributed by atoms with Crippen LogP contribution in [0.1, 0.15) is 310 Å². The molecule has 1 unspecified atom stereocenters. The van der Waals surface area contributed by atoms with E-state index in [1.54, 1.807) is 0 Å². The van der Waals surface area contributed by atoms with Gasteiger partial charge in [0.15, 0.2) is 0 Å². The van der Waals surface area contributed by atoms with Gasteiger partial charge in [0, 0.05) is 0 Å². The third-order valence-corrected chi connectivity index (χ3v) is 14.1. The molecule has 1 atom stereocenters. The molecule has 0 aromatic heterocycles. The lowest BCUT2D eigenvalue weighted by atomic mass is 10.0. The number of aliphatic hydroxyl groups excluding tert-OH is 1. The predicted octanol–water partition coefficient (Wildman–Crippen LogP) is 19.2. The summed E-state index contributed by atoms with van der Waals surface area (Å²) in [5.41, 5.74) is 0. The minimum absolute atomic E-state index is 0.194. The molecule has 0 aliphatic heterocycles. The first-order valence-corrected chi connectivity index (χ1v) is 29.9. The maximum absolute atomic E-state index is 11.8. The molecule has 0 aliphatic carbocycles. The van der Waals surface area contributed by atoms with Crippen LogP contribution in [0.15, 0.2) is 36.8 Å². The van der Waals surface area contributed by atoms with Crippen LogP contribution in [0.25, 0.3) is 0 Å². The van der Waals surface area contributed by atoms with Crippen LogP contribution in [0.4, 0.5) is 0 Å². The maximum Gasteiger partial charge on any atom is 0.267 e. The Morgan fingerprint density at radius 3 is 0.730 bits per heavy atom. The topological polar surface area (TPSA) is 74.6 Å². The van der Waals surface area contributed by atoms with Gasteiger partial charge in [-0.1, -0.05) is 271 Å². The number of hydrogen-bond acceptors (Lipinski definition) is 3. The zero-order valence-corrected chi connectivity index (χ0v) is 43.7. The van der Waals surface area contributed by atoms with E-state index in [4.69, 9.17) is 0 Å². The van der Waals surface area contributed by atoms with Crippen LogP contribution in [0.2, 0.25) is 0 Å². The summed E-state index contributed by atoms with van der Waals surface area (Å²) in [5, 5.41) is 11.0. The first-order valence-electron chi connectivity index (χ1n) is 28.3. The third kappa shape index (κ3) is 48.8. The van der Waals surface area contributed by atoms with Gasteiger partial charge in [0.1, 0.15) is 37.0 Å². The van der Waals surface area contributed by atoms with Gasteiger partial charge in [-0.05, 0) is 56.8 Å². The number of rotatable bonds is 52. The zero-order valence-electron chi connectivity index (χ0n) is 42.8. The van der Waals surface area contributed by atoms with Crippen molar-refractivity contribution in [2.75, 3.05) is 12.3 Å². The van der Waals surface area contributed by atoms with Crippen molar-refractivity contribution in [1.29, 1.82) is 0 Å². The molecule has 0 fully saturated rings. The highest BCUT2D eigenvalue weighted by molar-refractivity contribution is 7.85. The summed E-state index contributed by atoms with van der Waals surface area (Å²) in [6, 6.07) is 0. The largest absolute Gasteiger partial charge is 0.386 e. The van der Waals surface area contributed by atoms with Crippen molar-refractivity contribution in [2.24, 2.45) is 0 Å². The Morgan fingerprint density at radius 1 is 0.349 bits per heavy atom. The molecule has 6 heteroatoms. The number of unbranched alkanes of at least 4 members (excludes halogenated alkanes) is 42. The Morgan fingerprint density at radius 2 is 0.540 bits per heavy atom. The molecule has 0 saturated heterocycles. The summed E-state index contributed by atoms with van der Waals surface area (Å²) < 4.78 is 33.5. The summed E-state index contributed by atoms with van der Waals surface area (Å²) >= 11 is 0. The Hall–Kier alpha value is -0.950. The molecule has 374 valence electrons. The van der Waals surface area contributed by atoms with E-state index in [0.29, 0.717) is 0 Å². The summed E-state index contributed by atoms with van der Waals surface area (Å²) in [5.74, 6) is -0.639. The van der Waals surface area contributed by atoms with Crippen LogP contribution < -0.4 is 0 Å². The summed E-state index contributed by atoms with van der Waals surface area (Å²) in [7, 11) is -4.28. The van der Waals surface area contributed by atoms with E-state index in [2.05, 4.69) is 57.6 Å². The molecule has 2 N–H and O–H groups in total. The van der Waals surface area contributed by atoms with Crippen molar-refractivity contribution in [3.63, 3.8) is 0 Å². The van der Waals surface area contributed by atoms with Gasteiger partial charge >= 0.3 is 0 Å². The second kappa shape index (κ2) is 49.0. The van der Waals surface area contributed by atoms with Crippen LogP contribution >= 0.6 is 0 Å². The van der Waals surface area contributed by atoms with Crippen molar-refractivity contribution >= 4 is 10.1 Å². The van der Waals surface area contributed by atoms with E-state index in [9.17, 15) is 18.1 Å². The zero-order chi connectivity index (χ0) is 46.1. The van der Waals surface area contributed by atoms with Crippen LogP contribution in [0.5, 0.6) is 0 Å². The van der Waals surface area contributed by atoms with Crippen LogP contribution in [0, 0.1) is 0 Å². The number of allylic oxidation sites excluding steroid dienone is 3. The minimum Gasteiger partial charge on any atom is -0.386 e. The third-order valence-electron chi connectivity index (χ3n) is 13.3. The van der Waals surface area contributed by atoms with E-state index in [1.165, 1.54) is 250 Å². The first-order chi connectivity index (χ1) is 30.8. The fourth-order valence-corrected chi connectivity index (χ4v) is 9.77. The minimum atomic E-state index is -4.28. The van der Waals surface area contributed by atoms with Gasteiger partial charge in [0.05, 0.1) is 0 Å². The predicted molar refractivity (Wildman–Crippen MR) is 280 cm³/mol. The number of nitrogens with zero attached hydrogens (tertiary/aromatic N) is 1. The molecule has 5 nitrogen and oxygen atoms in total. The average Bonchev–Trinajstić information content (AvgIpc) is 3.25. The van der Waals surface area contributed by atoms with Gasteiger partial charge in [0.2, 0.25) is 0 Å². The number of hydrogen-bond donors (Lipinski definition) is 2. The molecule has 0 aromatic rings. The van der Waals surface area contributed by atoms with E-state index in [1.807, 2.05) is 0 Å². The van der Waals surface area contributed by atoms with Gasteiger partial charge < -0.3 is 5.11 Å². The SMILES string of the molecule is CCCCCCCCCCCCCCCC/C=C/[N+](/C=C/CCCCCCCCCCCCCCCC)(/C=C/CCCCCCCCCCCCCCCC)CC(O)CS(=O)(=O)O. The van der Waals surface area contributed by atoms with Crippen LogP contribution in [-0.2, 0) is 10.1 Å². The maximum atomic E-state index is 11.8. The Kier molecular flexibility index (Phi) is 48.2. The molecule has 0 radical (unpaired) electrons. The number of quaternary nitrogens is 1. The molecule has 0 rings (SSSR count). The number of aliphatic hydroxyl groups is 1. The first kappa shape index (κ1) is 62.1. The Bertz CT molecular complexity index is 999. The summed E-state index contributed by atoms with van der Waals surface area (Å²) in [6.45, 7) is 7.05. The van der Waals surface area contributed by atoms with Crippen molar-refractivity contribution in [3.8, 4) is 0 Å². The van der Waals surface area contributed by atoms with Gasteiger partial charge in [-0.15, -0.1) is 0 Å². The van der Waals surface area contributed by atoms with Gasteiger partial charge in [-0.25, -0.2) is 4.48 Å². The highest BCUT2D eigenvalue weighted by Gasteiger charge is 2.27. The second-order valence-corrected chi connectivity index (χ2v) is 21.4. The highest BCUT2D eigenvalue weighted by atomic mass is 32.2.